The van der Waals surface area contributed by atoms with Crippen molar-refractivity contribution in [3.63, 3.8) is 0 Å². The maximum atomic E-state index is 5.82. The first-order chi connectivity index (χ1) is 8.81. The molecule has 2 heterocycles. The number of hydrogen-bond acceptors (Lipinski definition) is 4. The van der Waals surface area contributed by atoms with Crippen LogP contribution in [-0.2, 0) is 6.54 Å². The number of pyridine rings is 1. The third kappa shape index (κ3) is 2.33. The van der Waals surface area contributed by atoms with Crippen LogP contribution in [0.4, 0.5) is 5.82 Å². The number of nitrogens with one attached hydrogen (secondary N) is 1. The quantitative estimate of drug-likeness (QED) is 0.864. The Morgan fingerprint density at radius 3 is 2.94 bits per heavy atom. The standard InChI is InChI=1S/C13H11ClN2O2/c14-12-2-1-3-13(16-12)15-7-9-4-5-10-11(6-9)18-8-17-10/h1-6H,7-8H2,(H,15,16). The second-order valence-electron chi connectivity index (χ2n) is 3.89. The van der Waals surface area contributed by atoms with Gasteiger partial charge in [-0.1, -0.05) is 23.7 Å². The van der Waals surface area contributed by atoms with Crippen molar-refractivity contribution in [3.05, 3.63) is 47.1 Å². The molecule has 1 N–H and O–H groups in total. The Balaban J connectivity index is 1.70. The van der Waals surface area contributed by atoms with Crippen LogP contribution in [0, 0.1) is 0 Å². The van der Waals surface area contributed by atoms with Crippen molar-refractivity contribution in [2.45, 2.75) is 6.54 Å². The molecule has 0 spiro atoms. The van der Waals surface area contributed by atoms with Gasteiger partial charge in [-0.05, 0) is 29.8 Å². The molecule has 1 aliphatic heterocycles. The van der Waals surface area contributed by atoms with Gasteiger partial charge in [-0.25, -0.2) is 4.98 Å². The minimum Gasteiger partial charge on any atom is -0.454 e. The molecule has 0 unspecified atom stereocenters. The van der Waals surface area contributed by atoms with E-state index in [1.54, 1.807) is 6.07 Å². The first kappa shape index (κ1) is 11.2. The van der Waals surface area contributed by atoms with E-state index in [-0.39, 0.29) is 0 Å². The summed E-state index contributed by atoms with van der Waals surface area (Å²) in [5.74, 6) is 2.33. The van der Waals surface area contributed by atoms with Gasteiger partial charge in [0, 0.05) is 6.54 Å². The Hall–Kier alpha value is -1.94. The largest absolute Gasteiger partial charge is 0.454 e. The number of hydrogen-bond donors (Lipinski definition) is 1. The van der Waals surface area contributed by atoms with Crippen molar-refractivity contribution in [1.29, 1.82) is 0 Å². The minimum atomic E-state index is 0.294. The van der Waals surface area contributed by atoms with E-state index in [1.807, 2.05) is 30.3 Å². The van der Waals surface area contributed by atoms with Crippen molar-refractivity contribution in [2.24, 2.45) is 0 Å². The predicted octanol–water partition coefficient (Wildman–Crippen LogP) is 3.08. The molecule has 1 aliphatic rings. The summed E-state index contributed by atoms with van der Waals surface area (Å²) in [5.41, 5.74) is 1.10. The van der Waals surface area contributed by atoms with Crippen LogP contribution in [0.25, 0.3) is 0 Å². The van der Waals surface area contributed by atoms with Gasteiger partial charge in [-0.3, -0.25) is 0 Å². The topological polar surface area (TPSA) is 43.4 Å². The average molecular weight is 263 g/mol. The number of halogens is 1. The average Bonchev–Trinajstić information content (AvgIpc) is 2.84. The van der Waals surface area contributed by atoms with Crippen molar-refractivity contribution >= 4 is 17.4 Å². The highest BCUT2D eigenvalue weighted by Crippen LogP contribution is 2.32. The van der Waals surface area contributed by atoms with Crippen LogP contribution in [-0.4, -0.2) is 11.8 Å². The van der Waals surface area contributed by atoms with Gasteiger partial charge in [0.1, 0.15) is 11.0 Å². The predicted molar refractivity (Wildman–Crippen MR) is 69.1 cm³/mol. The second-order valence-corrected chi connectivity index (χ2v) is 4.27. The van der Waals surface area contributed by atoms with E-state index in [1.165, 1.54) is 0 Å². The number of anilines is 1. The lowest BCUT2D eigenvalue weighted by Gasteiger charge is -2.06. The van der Waals surface area contributed by atoms with Gasteiger partial charge in [0.25, 0.3) is 0 Å². The van der Waals surface area contributed by atoms with E-state index in [0.29, 0.717) is 18.5 Å². The molecule has 0 fully saturated rings. The summed E-state index contributed by atoms with van der Waals surface area (Å²) in [6.45, 7) is 0.950. The number of fused-ring (bicyclic) bond motifs is 1. The van der Waals surface area contributed by atoms with Crippen LogP contribution < -0.4 is 14.8 Å². The zero-order valence-electron chi connectivity index (χ0n) is 9.52. The van der Waals surface area contributed by atoms with E-state index in [2.05, 4.69) is 10.3 Å². The third-order valence-electron chi connectivity index (χ3n) is 2.63. The zero-order chi connectivity index (χ0) is 12.4. The molecule has 0 aliphatic carbocycles. The highest BCUT2D eigenvalue weighted by Gasteiger charge is 2.12. The molecule has 0 atom stereocenters. The third-order valence-corrected chi connectivity index (χ3v) is 2.84. The maximum Gasteiger partial charge on any atom is 0.231 e. The molecule has 2 aromatic rings. The second kappa shape index (κ2) is 4.74. The van der Waals surface area contributed by atoms with Gasteiger partial charge in [-0.2, -0.15) is 0 Å². The smallest absolute Gasteiger partial charge is 0.231 e. The summed E-state index contributed by atoms with van der Waals surface area (Å²) in [6.07, 6.45) is 0. The molecule has 0 saturated heterocycles. The van der Waals surface area contributed by atoms with Crippen molar-refractivity contribution in [2.75, 3.05) is 12.1 Å². The molecule has 0 radical (unpaired) electrons. The summed E-state index contributed by atoms with van der Waals surface area (Å²) in [5, 5.41) is 3.68. The van der Waals surface area contributed by atoms with Crippen molar-refractivity contribution in [3.8, 4) is 11.5 Å². The van der Waals surface area contributed by atoms with Crippen LogP contribution >= 0.6 is 11.6 Å². The molecule has 18 heavy (non-hydrogen) atoms. The van der Waals surface area contributed by atoms with Gasteiger partial charge in [0.2, 0.25) is 6.79 Å². The molecule has 92 valence electrons. The number of rotatable bonds is 3. The van der Waals surface area contributed by atoms with Gasteiger partial charge in [0.05, 0.1) is 0 Å². The molecular weight excluding hydrogens is 252 g/mol. The Kier molecular flexibility index (Phi) is 2.94. The molecule has 0 saturated carbocycles. The number of aromatic nitrogens is 1. The highest BCUT2D eigenvalue weighted by atomic mass is 35.5. The van der Waals surface area contributed by atoms with E-state index < -0.39 is 0 Å². The SMILES string of the molecule is Clc1cccc(NCc2ccc3c(c2)OCO3)n1. The Labute approximate surface area is 110 Å². The fourth-order valence-electron chi connectivity index (χ4n) is 1.75. The Bertz CT molecular complexity index is 575. The summed E-state index contributed by atoms with van der Waals surface area (Å²) in [4.78, 5) is 4.16. The summed E-state index contributed by atoms with van der Waals surface area (Å²) < 4.78 is 10.6. The van der Waals surface area contributed by atoms with E-state index in [9.17, 15) is 0 Å². The summed E-state index contributed by atoms with van der Waals surface area (Å²) in [6, 6.07) is 11.3. The van der Waals surface area contributed by atoms with Crippen LogP contribution in [0.15, 0.2) is 36.4 Å². The first-order valence-corrected chi connectivity index (χ1v) is 5.94. The lowest BCUT2D eigenvalue weighted by Crippen LogP contribution is -2.01. The molecule has 0 bridgehead atoms. The summed E-state index contributed by atoms with van der Waals surface area (Å²) in [7, 11) is 0. The molecule has 1 aromatic heterocycles. The fraction of sp³-hybridized carbons (Fsp3) is 0.154. The Morgan fingerprint density at radius 1 is 1.17 bits per heavy atom. The van der Waals surface area contributed by atoms with E-state index in [0.717, 1.165) is 22.9 Å². The van der Waals surface area contributed by atoms with Crippen LogP contribution in [0.5, 0.6) is 11.5 Å². The maximum absolute atomic E-state index is 5.82. The molecular formula is C13H11ClN2O2. The summed E-state index contributed by atoms with van der Waals surface area (Å²) >= 11 is 5.82. The minimum absolute atomic E-state index is 0.294. The van der Waals surface area contributed by atoms with Gasteiger partial charge in [0.15, 0.2) is 11.5 Å². The highest BCUT2D eigenvalue weighted by molar-refractivity contribution is 6.29. The normalized spacial score (nSPS) is 12.5. The lowest BCUT2D eigenvalue weighted by atomic mass is 10.2. The number of nitrogens with zero attached hydrogens (tertiary/aromatic N) is 1. The van der Waals surface area contributed by atoms with Crippen LogP contribution in [0.1, 0.15) is 5.56 Å². The van der Waals surface area contributed by atoms with Gasteiger partial charge in [-0.15, -0.1) is 0 Å². The first-order valence-electron chi connectivity index (χ1n) is 5.56. The monoisotopic (exact) mass is 262 g/mol. The fourth-order valence-corrected chi connectivity index (χ4v) is 1.91. The molecule has 1 aromatic carbocycles. The molecule has 3 rings (SSSR count). The van der Waals surface area contributed by atoms with Crippen molar-refractivity contribution < 1.29 is 9.47 Å². The van der Waals surface area contributed by atoms with Crippen molar-refractivity contribution in [1.82, 2.24) is 4.98 Å². The zero-order valence-corrected chi connectivity index (χ0v) is 10.3. The van der Waals surface area contributed by atoms with E-state index >= 15 is 0 Å². The van der Waals surface area contributed by atoms with Gasteiger partial charge < -0.3 is 14.8 Å². The molecule has 4 nitrogen and oxygen atoms in total. The Morgan fingerprint density at radius 2 is 2.06 bits per heavy atom. The number of ether oxygens (including phenoxy) is 2. The lowest BCUT2D eigenvalue weighted by molar-refractivity contribution is 0.174. The molecule has 0 amide bonds. The van der Waals surface area contributed by atoms with E-state index in [4.69, 9.17) is 21.1 Å². The molecule has 5 heteroatoms. The van der Waals surface area contributed by atoms with Crippen LogP contribution in [0.2, 0.25) is 5.15 Å². The number of benzene rings is 1. The van der Waals surface area contributed by atoms with Crippen LogP contribution in [0.3, 0.4) is 0 Å². The van der Waals surface area contributed by atoms with Gasteiger partial charge >= 0.3 is 0 Å².